The molecule has 0 unspecified atom stereocenters. The number of nitrogens with zero attached hydrogens (tertiary/aromatic N) is 1. The first-order chi connectivity index (χ1) is 11.9. The topological polar surface area (TPSA) is 48.0 Å². The van der Waals surface area contributed by atoms with Gasteiger partial charge in [0.25, 0.3) is 5.91 Å². The highest BCUT2D eigenvalue weighted by Gasteiger charge is 2.14. The Balaban J connectivity index is 1.99. The number of carbonyl (C=O) groups excluding carboxylic acids is 1. The van der Waals surface area contributed by atoms with E-state index in [2.05, 4.69) is 0 Å². The van der Waals surface area contributed by atoms with Gasteiger partial charge in [0.2, 0.25) is 0 Å². The predicted octanol–water partition coefficient (Wildman–Crippen LogP) is 4.05. The molecule has 2 aromatic rings. The molecule has 2 aromatic carbocycles. The summed E-state index contributed by atoms with van der Waals surface area (Å²) in [5.41, 5.74) is 0.861. The SMILES string of the molecule is COc1ccc(CN(C)C(=O)COc2cc(Cl)ccc2Cl)c(OC)c1. The molecule has 0 saturated carbocycles. The van der Waals surface area contributed by atoms with Gasteiger partial charge in [0, 0.05) is 36.3 Å². The van der Waals surface area contributed by atoms with Crippen LogP contribution in [0.5, 0.6) is 17.2 Å². The minimum atomic E-state index is -0.200. The zero-order valence-corrected chi connectivity index (χ0v) is 15.7. The van der Waals surface area contributed by atoms with Crippen LogP contribution in [0.25, 0.3) is 0 Å². The number of ether oxygens (including phenoxy) is 3. The highest BCUT2D eigenvalue weighted by molar-refractivity contribution is 6.34. The summed E-state index contributed by atoms with van der Waals surface area (Å²) >= 11 is 11.9. The summed E-state index contributed by atoms with van der Waals surface area (Å²) < 4.78 is 16.0. The Kier molecular flexibility index (Phi) is 6.79. The van der Waals surface area contributed by atoms with Crippen molar-refractivity contribution < 1.29 is 19.0 Å². The van der Waals surface area contributed by atoms with Gasteiger partial charge in [-0.05, 0) is 24.3 Å². The van der Waals surface area contributed by atoms with Crippen LogP contribution < -0.4 is 14.2 Å². The van der Waals surface area contributed by atoms with Gasteiger partial charge in [-0.15, -0.1) is 0 Å². The molecule has 25 heavy (non-hydrogen) atoms. The van der Waals surface area contributed by atoms with Crippen molar-refractivity contribution in [1.29, 1.82) is 0 Å². The van der Waals surface area contributed by atoms with Crippen molar-refractivity contribution in [2.75, 3.05) is 27.9 Å². The number of hydrogen-bond donors (Lipinski definition) is 0. The molecule has 0 aromatic heterocycles. The van der Waals surface area contributed by atoms with Crippen LogP contribution in [-0.2, 0) is 11.3 Å². The maximum absolute atomic E-state index is 12.3. The monoisotopic (exact) mass is 383 g/mol. The number of carbonyl (C=O) groups is 1. The fourth-order valence-electron chi connectivity index (χ4n) is 2.16. The molecule has 0 bridgehead atoms. The fourth-order valence-corrected chi connectivity index (χ4v) is 2.50. The predicted molar refractivity (Wildman–Crippen MR) is 98.0 cm³/mol. The Morgan fingerprint density at radius 2 is 1.80 bits per heavy atom. The third-order valence-electron chi connectivity index (χ3n) is 3.57. The summed E-state index contributed by atoms with van der Waals surface area (Å²) in [7, 11) is 4.85. The van der Waals surface area contributed by atoms with Crippen LogP contribution in [0, 0.1) is 0 Å². The highest BCUT2D eigenvalue weighted by Crippen LogP contribution is 2.28. The molecule has 7 heteroatoms. The lowest BCUT2D eigenvalue weighted by Gasteiger charge is -2.19. The molecule has 0 heterocycles. The van der Waals surface area contributed by atoms with Gasteiger partial charge in [0.05, 0.1) is 19.2 Å². The summed E-state index contributed by atoms with van der Waals surface area (Å²) in [6, 6.07) is 10.3. The normalized spacial score (nSPS) is 10.3. The standard InChI is InChI=1S/C18H19Cl2NO4/c1-21(10-12-4-6-14(23-2)9-16(12)24-3)18(22)11-25-17-8-13(19)5-7-15(17)20/h4-9H,10-11H2,1-3H3. The quantitative estimate of drug-likeness (QED) is 0.723. The fraction of sp³-hybridized carbons (Fsp3) is 0.278. The van der Waals surface area contributed by atoms with E-state index in [1.54, 1.807) is 50.4 Å². The van der Waals surface area contributed by atoms with E-state index in [4.69, 9.17) is 37.4 Å². The molecule has 0 N–H and O–H groups in total. The lowest BCUT2D eigenvalue weighted by atomic mass is 10.2. The zero-order valence-electron chi connectivity index (χ0n) is 14.2. The Hall–Kier alpha value is -2.11. The first-order valence-corrected chi connectivity index (χ1v) is 8.23. The van der Waals surface area contributed by atoms with Gasteiger partial charge in [-0.3, -0.25) is 4.79 Å². The van der Waals surface area contributed by atoms with E-state index in [9.17, 15) is 4.79 Å². The molecule has 0 aliphatic carbocycles. The first kappa shape index (κ1) is 19.2. The number of hydrogen-bond acceptors (Lipinski definition) is 4. The number of amides is 1. The molecule has 0 fully saturated rings. The van der Waals surface area contributed by atoms with Gasteiger partial charge < -0.3 is 19.1 Å². The summed E-state index contributed by atoms with van der Waals surface area (Å²) in [5.74, 6) is 1.51. The number of halogens is 2. The Labute approximate surface area is 157 Å². The maximum atomic E-state index is 12.3. The average molecular weight is 384 g/mol. The van der Waals surface area contributed by atoms with Gasteiger partial charge in [0.15, 0.2) is 6.61 Å². The van der Waals surface area contributed by atoms with Crippen LogP contribution in [0.15, 0.2) is 36.4 Å². The van der Waals surface area contributed by atoms with Crippen molar-refractivity contribution in [3.05, 3.63) is 52.0 Å². The highest BCUT2D eigenvalue weighted by atomic mass is 35.5. The smallest absolute Gasteiger partial charge is 0.260 e. The molecule has 0 aliphatic heterocycles. The Morgan fingerprint density at radius 1 is 1.04 bits per heavy atom. The molecular formula is C18H19Cl2NO4. The van der Waals surface area contributed by atoms with Gasteiger partial charge in [0.1, 0.15) is 17.2 Å². The molecule has 0 saturated heterocycles. The third kappa shape index (κ3) is 5.18. The van der Waals surface area contributed by atoms with E-state index in [0.717, 1.165) is 5.56 Å². The van der Waals surface area contributed by atoms with Crippen molar-refractivity contribution in [3.63, 3.8) is 0 Å². The summed E-state index contributed by atoms with van der Waals surface area (Å²) in [4.78, 5) is 13.8. The van der Waals surface area contributed by atoms with E-state index < -0.39 is 0 Å². The van der Waals surface area contributed by atoms with Crippen molar-refractivity contribution in [2.24, 2.45) is 0 Å². The second-order valence-corrected chi connectivity index (χ2v) is 6.13. The number of likely N-dealkylation sites (N-methyl/N-ethyl adjacent to an activating group) is 1. The van der Waals surface area contributed by atoms with E-state index >= 15 is 0 Å². The van der Waals surface area contributed by atoms with Gasteiger partial charge in [-0.1, -0.05) is 23.2 Å². The van der Waals surface area contributed by atoms with Gasteiger partial charge >= 0.3 is 0 Å². The minimum Gasteiger partial charge on any atom is -0.497 e. The third-order valence-corrected chi connectivity index (χ3v) is 4.12. The van der Waals surface area contributed by atoms with Crippen LogP contribution in [-0.4, -0.2) is 38.7 Å². The summed E-state index contributed by atoms with van der Waals surface area (Å²) in [6.07, 6.45) is 0. The summed E-state index contributed by atoms with van der Waals surface area (Å²) in [6.45, 7) is 0.230. The molecule has 0 atom stereocenters. The lowest BCUT2D eigenvalue weighted by Crippen LogP contribution is -2.31. The second kappa shape index (κ2) is 8.83. The van der Waals surface area contributed by atoms with E-state index in [-0.39, 0.29) is 12.5 Å². The Bertz CT molecular complexity index is 752. The number of methoxy groups -OCH3 is 2. The van der Waals surface area contributed by atoms with Crippen molar-refractivity contribution >= 4 is 29.1 Å². The van der Waals surface area contributed by atoms with Gasteiger partial charge in [-0.25, -0.2) is 0 Å². The average Bonchev–Trinajstić information content (AvgIpc) is 2.62. The van der Waals surface area contributed by atoms with Crippen LogP contribution in [0.1, 0.15) is 5.56 Å². The first-order valence-electron chi connectivity index (χ1n) is 7.47. The zero-order chi connectivity index (χ0) is 18.4. The molecule has 134 valence electrons. The number of rotatable bonds is 7. The number of benzene rings is 2. The molecule has 2 rings (SSSR count). The minimum absolute atomic E-state index is 0.144. The van der Waals surface area contributed by atoms with Crippen LogP contribution in [0.4, 0.5) is 0 Å². The molecular weight excluding hydrogens is 365 g/mol. The largest absolute Gasteiger partial charge is 0.497 e. The van der Waals surface area contributed by atoms with Gasteiger partial charge in [-0.2, -0.15) is 0 Å². The van der Waals surface area contributed by atoms with Crippen molar-refractivity contribution in [3.8, 4) is 17.2 Å². The molecule has 5 nitrogen and oxygen atoms in total. The van der Waals surface area contributed by atoms with Crippen molar-refractivity contribution in [1.82, 2.24) is 4.90 Å². The lowest BCUT2D eigenvalue weighted by molar-refractivity contribution is -0.132. The molecule has 1 amide bonds. The van der Waals surface area contributed by atoms with Crippen LogP contribution in [0.3, 0.4) is 0 Å². The Morgan fingerprint density at radius 3 is 2.48 bits per heavy atom. The van der Waals surface area contributed by atoms with E-state index in [1.807, 2.05) is 12.1 Å². The van der Waals surface area contributed by atoms with E-state index in [1.165, 1.54) is 0 Å². The van der Waals surface area contributed by atoms with Crippen LogP contribution in [0.2, 0.25) is 10.0 Å². The second-order valence-electron chi connectivity index (χ2n) is 5.29. The molecule has 0 aliphatic rings. The van der Waals surface area contributed by atoms with E-state index in [0.29, 0.717) is 33.8 Å². The summed E-state index contributed by atoms with van der Waals surface area (Å²) in [5, 5.41) is 0.889. The molecule has 0 radical (unpaired) electrons. The molecule has 0 spiro atoms. The maximum Gasteiger partial charge on any atom is 0.260 e. The van der Waals surface area contributed by atoms with Crippen molar-refractivity contribution in [2.45, 2.75) is 6.54 Å². The van der Waals surface area contributed by atoms with Crippen LogP contribution >= 0.6 is 23.2 Å².